The maximum atomic E-state index is 5.43. The fourth-order valence-electron chi connectivity index (χ4n) is 3.03. The first kappa shape index (κ1) is 16.9. The van der Waals surface area contributed by atoms with Crippen LogP contribution < -0.4 is 9.47 Å². The van der Waals surface area contributed by atoms with Gasteiger partial charge in [0.05, 0.1) is 12.1 Å². The number of thiazole rings is 1. The quantitative estimate of drug-likeness (QED) is 0.498. The Hall–Kier alpha value is -3.19. The summed E-state index contributed by atoms with van der Waals surface area (Å²) in [5, 5.41) is 7.09. The van der Waals surface area contributed by atoms with E-state index in [1.807, 2.05) is 18.2 Å². The van der Waals surface area contributed by atoms with Crippen molar-refractivity contribution in [2.75, 3.05) is 6.79 Å². The molecule has 1 aliphatic heterocycles. The molecule has 6 nitrogen and oxygen atoms in total. The molecule has 0 atom stereocenters. The monoisotopic (exact) mass is 391 g/mol. The summed E-state index contributed by atoms with van der Waals surface area (Å²) in [6.45, 7) is 4.46. The van der Waals surface area contributed by atoms with E-state index in [0.29, 0.717) is 23.9 Å². The first-order valence-electron chi connectivity index (χ1n) is 8.90. The highest BCUT2D eigenvalue weighted by Crippen LogP contribution is 2.35. The molecule has 0 aliphatic carbocycles. The lowest BCUT2D eigenvalue weighted by molar-refractivity contribution is 0.174. The average Bonchev–Trinajstić information content (AvgIpc) is 3.44. The Balaban J connectivity index is 1.35. The summed E-state index contributed by atoms with van der Waals surface area (Å²) in [6.07, 6.45) is 0.507. The summed E-state index contributed by atoms with van der Waals surface area (Å²) in [5.74, 6) is 2.49. The van der Waals surface area contributed by atoms with Gasteiger partial charge in [-0.05, 0) is 49.2 Å². The minimum absolute atomic E-state index is 0.239. The number of fused-ring (bicyclic) bond motifs is 1. The predicted octanol–water partition coefficient (Wildman–Crippen LogP) is 4.80. The Morgan fingerprint density at radius 1 is 0.929 bits per heavy atom. The number of nitrogens with zero attached hydrogens (tertiary/aromatic N) is 3. The molecular weight excluding hydrogens is 374 g/mol. The largest absolute Gasteiger partial charge is 0.454 e. The van der Waals surface area contributed by atoms with E-state index in [-0.39, 0.29) is 6.79 Å². The topological polar surface area (TPSA) is 70.3 Å². The fourth-order valence-corrected chi connectivity index (χ4v) is 3.83. The molecule has 2 aromatic carbocycles. The fraction of sp³-hybridized carbons (Fsp3) is 0.190. The van der Waals surface area contributed by atoms with Crippen LogP contribution >= 0.6 is 11.3 Å². The molecule has 28 heavy (non-hydrogen) atoms. The summed E-state index contributed by atoms with van der Waals surface area (Å²) in [4.78, 5) is 9.23. The van der Waals surface area contributed by atoms with Gasteiger partial charge in [0, 0.05) is 16.5 Å². The van der Waals surface area contributed by atoms with Crippen molar-refractivity contribution in [2.45, 2.75) is 20.3 Å². The normalized spacial score (nSPS) is 12.5. The van der Waals surface area contributed by atoms with Crippen LogP contribution in [0.1, 0.15) is 22.0 Å². The number of hydrogen-bond acceptors (Lipinski definition) is 7. The van der Waals surface area contributed by atoms with Gasteiger partial charge >= 0.3 is 0 Å². The molecule has 0 saturated heterocycles. The smallest absolute Gasteiger partial charge is 0.233 e. The molecule has 0 saturated carbocycles. The van der Waals surface area contributed by atoms with Gasteiger partial charge in [0.1, 0.15) is 5.01 Å². The average molecular weight is 391 g/mol. The van der Waals surface area contributed by atoms with Crippen LogP contribution in [0.5, 0.6) is 11.5 Å². The van der Waals surface area contributed by atoms with Crippen LogP contribution in [0.3, 0.4) is 0 Å². The predicted molar refractivity (Wildman–Crippen MR) is 106 cm³/mol. The van der Waals surface area contributed by atoms with Crippen LogP contribution in [0.2, 0.25) is 0 Å². The first-order valence-corrected chi connectivity index (χ1v) is 9.78. The van der Waals surface area contributed by atoms with Gasteiger partial charge in [-0.15, -0.1) is 11.3 Å². The number of hydrogen-bond donors (Lipinski definition) is 0. The SMILES string of the molecule is Cc1ccc(-c2csc(Cc3nc(-c4ccc5c(c4)OCO5)no3)n2)cc1C. The maximum absolute atomic E-state index is 5.43. The lowest BCUT2D eigenvalue weighted by Gasteiger charge is -2.02. The van der Waals surface area contributed by atoms with E-state index in [1.165, 1.54) is 11.1 Å². The van der Waals surface area contributed by atoms with Crippen molar-refractivity contribution in [3.8, 4) is 34.1 Å². The third-order valence-electron chi connectivity index (χ3n) is 4.76. The van der Waals surface area contributed by atoms with Gasteiger partial charge in [-0.1, -0.05) is 17.3 Å². The Bertz CT molecular complexity index is 1170. The minimum Gasteiger partial charge on any atom is -0.454 e. The third-order valence-corrected chi connectivity index (χ3v) is 5.60. The molecule has 0 N–H and O–H groups in total. The van der Waals surface area contributed by atoms with E-state index in [0.717, 1.165) is 27.6 Å². The molecule has 0 amide bonds. The number of benzene rings is 2. The van der Waals surface area contributed by atoms with E-state index < -0.39 is 0 Å². The molecule has 0 unspecified atom stereocenters. The minimum atomic E-state index is 0.239. The first-order chi connectivity index (χ1) is 13.7. The van der Waals surface area contributed by atoms with Gasteiger partial charge in [-0.3, -0.25) is 0 Å². The van der Waals surface area contributed by atoms with Crippen molar-refractivity contribution in [3.05, 3.63) is 63.8 Å². The lowest BCUT2D eigenvalue weighted by atomic mass is 10.1. The molecule has 3 heterocycles. The zero-order chi connectivity index (χ0) is 19.1. The summed E-state index contributed by atoms with van der Waals surface area (Å²) >= 11 is 1.60. The van der Waals surface area contributed by atoms with Crippen molar-refractivity contribution in [1.29, 1.82) is 0 Å². The van der Waals surface area contributed by atoms with Crippen molar-refractivity contribution < 1.29 is 14.0 Å². The van der Waals surface area contributed by atoms with Crippen LogP contribution in [0.25, 0.3) is 22.6 Å². The van der Waals surface area contributed by atoms with Crippen LogP contribution in [0.15, 0.2) is 46.3 Å². The summed E-state index contributed by atoms with van der Waals surface area (Å²) in [6, 6.07) is 12.0. The van der Waals surface area contributed by atoms with Crippen molar-refractivity contribution in [2.24, 2.45) is 0 Å². The Morgan fingerprint density at radius 3 is 2.68 bits per heavy atom. The van der Waals surface area contributed by atoms with Gasteiger partial charge in [0.15, 0.2) is 11.5 Å². The van der Waals surface area contributed by atoms with Gasteiger partial charge < -0.3 is 14.0 Å². The van der Waals surface area contributed by atoms with Crippen LogP contribution in [-0.4, -0.2) is 21.9 Å². The van der Waals surface area contributed by atoms with Crippen LogP contribution in [0, 0.1) is 13.8 Å². The van der Waals surface area contributed by atoms with Gasteiger partial charge in [-0.2, -0.15) is 4.98 Å². The molecule has 0 radical (unpaired) electrons. The molecule has 2 aromatic heterocycles. The number of rotatable bonds is 4. The number of ether oxygens (including phenoxy) is 2. The van der Waals surface area contributed by atoms with Crippen molar-refractivity contribution in [3.63, 3.8) is 0 Å². The van der Waals surface area contributed by atoms with E-state index in [4.69, 9.17) is 19.0 Å². The van der Waals surface area contributed by atoms with Crippen LogP contribution in [-0.2, 0) is 6.42 Å². The molecule has 0 fully saturated rings. The van der Waals surface area contributed by atoms with Crippen molar-refractivity contribution >= 4 is 11.3 Å². The Labute approximate surface area is 165 Å². The number of aromatic nitrogens is 3. The summed E-state index contributed by atoms with van der Waals surface area (Å²) in [7, 11) is 0. The van der Waals surface area contributed by atoms with E-state index >= 15 is 0 Å². The lowest BCUT2D eigenvalue weighted by Crippen LogP contribution is -1.92. The molecule has 5 rings (SSSR count). The number of aryl methyl sites for hydroxylation is 2. The maximum Gasteiger partial charge on any atom is 0.233 e. The molecule has 1 aliphatic rings. The Kier molecular flexibility index (Phi) is 4.09. The molecular formula is C21H17N3O3S. The standard InChI is InChI=1S/C21H17N3O3S/c1-12-3-4-14(7-13(12)2)16-10-28-20(22-16)9-19-23-21(24-27-19)15-5-6-17-18(8-15)26-11-25-17/h3-8,10H,9,11H2,1-2H3. The van der Waals surface area contributed by atoms with Crippen LogP contribution in [0.4, 0.5) is 0 Å². The van der Waals surface area contributed by atoms with E-state index in [9.17, 15) is 0 Å². The second-order valence-corrected chi connectivity index (χ2v) is 7.62. The van der Waals surface area contributed by atoms with Gasteiger partial charge in [-0.25, -0.2) is 4.98 Å². The molecule has 0 spiro atoms. The molecule has 140 valence electrons. The molecule has 4 aromatic rings. The summed E-state index contributed by atoms with van der Waals surface area (Å²) < 4.78 is 16.2. The third kappa shape index (κ3) is 3.14. The van der Waals surface area contributed by atoms with Gasteiger partial charge in [0.2, 0.25) is 18.5 Å². The molecule has 0 bridgehead atoms. The molecule has 7 heteroatoms. The highest BCUT2D eigenvalue weighted by Gasteiger charge is 2.17. The Morgan fingerprint density at radius 2 is 1.79 bits per heavy atom. The second-order valence-electron chi connectivity index (χ2n) is 6.68. The van der Waals surface area contributed by atoms with Crippen molar-refractivity contribution in [1.82, 2.24) is 15.1 Å². The van der Waals surface area contributed by atoms with E-state index in [2.05, 4.69) is 47.6 Å². The summed E-state index contributed by atoms with van der Waals surface area (Å²) in [5.41, 5.74) is 5.46. The highest BCUT2D eigenvalue weighted by molar-refractivity contribution is 7.10. The zero-order valence-electron chi connectivity index (χ0n) is 15.4. The zero-order valence-corrected chi connectivity index (χ0v) is 16.2. The highest BCUT2D eigenvalue weighted by atomic mass is 32.1. The van der Waals surface area contributed by atoms with E-state index in [1.54, 1.807) is 11.3 Å². The second kappa shape index (κ2) is 6.76. The van der Waals surface area contributed by atoms with Gasteiger partial charge in [0.25, 0.3) is 0 Å².